The Balaban J connectivity index is 3.17. The first-order valence-corrected chi connectivity index (χ1v) is 6.43. The lowest BCUT2D eigenvalue weighted by Crippen LogP contribution is -2.01. The van der Waals surface area contributed by atoms with Crippen molar-refractivity contribution < 1.29 is 9.53 Å². The van der Waals surface area contributed by atoms with Crippen molar-refractivity contribution >= 4 is 5.97 Å². The van der Waals surface area contributed by atoms with Crippen LogP contribution in [0.4, 0.5) is 0 Å². The van der Waals surface area contributed by atoms with Crippen LogP contribution in [-0.4, -0.2) is 12.6 Å². The van der Waals surface area contributed by atoms with Crippen LogP contribution in [0.3, 0.4) is 0 Å². The van der Waals surface area contributed by atoms with Gasteiger partial charge in [-0.15, -0.1) is 0 Å². The Labute approximate surface area is 109 Å². The fourth-order valence-electron chi connectivity index (χ4n) is 1.94. The molecule has 0 bridgehead atoms. The molecule has 0 N–H and O–H groups in total. The molecule has 0 amide bonds. The summed E-state index contributed by atoms with van der Waals surface area (Å²) >= 11 is 0. The fraction of sp³-hybridized carbons (Fsp3) is 0.438. The molecule has 1 aromatic carbocycles. The topological polar surface area (TPSA) is 26.3 Å². The second kappa shape index (κ2) is 6.86. The van der Waals surface area contributed by atoms with Crippen LogP contribution in [0.2, 0.25) is 0 Å². The molecular weight excluding hydrogens is 224 g/mol. The van der Waals surface area contributed by atoms with E-state index in [-0.39, 0.29) is 0 Å². The summed E-state index contributed by atoms with van der Waals surface area (Å²) in [6.45, 7) is 8.43. The first-order valence-electron chi connectivity index (χ1n) is 6.43. The molecule has 0 saturated carbocycles. The van der Waals surface area contributed by atoms with Gasteiger partial charge in [0, 0.05) is 11.5 Å². The minimum Gasteiger partial charge on any atom is -0.456 e. The Morgan fingerprint density at radius 3 is 2.17 bits per heavy atom. The smallest absolute Gasteiger partial charge is 0.384 e. The van der Waals surface area contributed by atoms with E-state index < -0.39 is 5.97 Å². The highest BCUT2D eigenvalue weighted by molar-refractivity contribution is 5.89. The predicted octanol–water partition coefficient (Wildman–Crippen LogP) is 3.03. The summed E-state index contributed by atoms with van der Waals surface area (Å²) in [4.78, 5) is 11.3. The van der Waals surface area contributed by atoms with E-state index in [1.165, 1.54) is 16.7 Å². The predicted molar refractivity (Wildman–Crippen MR) is 73.4 cm³/mol. The summed E-state index contributed by atoms with van der Waals surface area (Å²) in [6.07, 6.45) is 1.84. The number of benzene rings is 1. The Hall–Kier alpha value is -1.75. The van der Waals surface area contributed by atoms with E-state index in [9.17, 15) is 4.79 Å². The molecule has 1 aromatic rings. The van der Waals surface area contributed by atoms with Crippen LogP contribution in [0.15, 0.2) is 12.1 Å². The SMILES string of the molecule is CCOC(=O)C#Cc1c(CC)cc(C)cc1CC. The Morgan fingerprint density at radius 2 is 1.72 bits per heavy atom. The van der Waals surface area contributed by atoms with Crippen molar-refractivity contribution in [2.24, 2.45) is 0 Å². The van der Waals surface area contributed by atoms with Crippen molar-refractivity contribution in [1.82, 2.24) is 0 Å². The van der Waals surface area contributed by atoms with Gasteiger partial charge in [0.25, 0.3) is 0 Å². The number of ether oxygens (including phenoxy) is 1. The molecule has 0 aliphatic carbocycles. The van der Waals surface area contributed by atoms with Crippen LogP contribution in [0.25, 0.3) is 0 Å². The second-order valence-corrected chi connectivity index (χ2v) is 4.14. The van der Waals surface area contributed by atoms with Crippen molar-refractivity contribution in [2.75, 3.05) is 6.61 Å². The van der Waals surface area contributed by atoms with Crippen LogP contribution in [-0.2, 0) is 22.4 Å². The number of carbonyl (C=O) groups is 1. The molecule has 0 heterocycles. The van der Waals surface area contributed by atoms with Crippen LogP contribution >= 0.6 is 0 Å². The van der Waals surface area contributed by atoms with Crippen molar-refractivity contribution in [2.45, 2.75) is 40.5 Å². The summed E-state index contributed by atoms with van der Waals surface area (Å²) in [5.74, 6) is 5.07. The number of aryl methyl sites for hydroxylation is 3. The van der Waals surface area contributed by atoms with Crippen molar-refractivity contribution in [3.05, 3.63) is 34.4 Å². The van der Waals surface area contributed by atoms with Gasteiger partial charge in [0.05, 0.1) is 6.61 Å². The third-order valence-electron chi connectivity index (χ3n) is 2.77. The molecule has 0 fully saturated rings. The Bertz CT molecular complexity index is 465. The Kier molecular flexibility index (Phi) is 5.45. The highest BCUT2D eigenvalue weighted by Gasteiger charge is 2.06. The first-order chi connectivity index (χ1) is 8.62. The maximum atomic E-state index is 11.3. The van der Waals surface area contributed by atoms with Gasteiger partial charge in [0.2, 0.25) is 0 Å². The first kappa shape index (κ1) is 14.3. The van der Waals surface area contributed by atoms with Crippen molar-refractivity contribution in [3.8, 4) is 11.8 Å². The van der Waals surface area contributed by atoms with E-state index in [1.807, 2.05) is 0 Å². The van der Waals surface area contributed by atoms with Gasteiger partial charge < -0.3 is 4.74 Å². The minimum atomic E-state index is -0.456. The molecule has 0 aliphatic rings. The maximum absolute atomic E-state index is 11.3. The molecule has 0 radical (unpaired) electrons. The highest BCUT2D eigenvalue weighted by Crippen LogP contribution is 2.18. The number of rotatable bonds is 3. The summed E-state index contributed by atoms with van der Waals surface area (Å²) in [6, 6.07) is 4.27. The highest BCUT2D eigenvalue weighted by atomic mass is 16.5. The average molecular weight is 244 g/mol. The molecule has 0 unspecified atom stereocenters. The summed E-state index contributed by atoms with van der Waals surface area (Å²) in [7, 11) is 0. The lowest BCUT2D eigenvalue weighted by Gasteiger charge is -2.09. The standard InChI is InChI=1S/C16H20O2/c1-5-13-10-12(4)11-14(6-2)15(13)8-9-16(17)18-7-3/h10-11H,5-7H2,1-4H3. The van der Waals surface area contributed by atoms with E-state index in [1.54, 1.807) is 6.92 Å². The summed E-state index contributed by atoms with van der Waals surface area (Å²) in [5.41, 5.74) is 4.62. The minimum absolute atomic E-state index is 0.364. The van der Waals surface area contributed by atoms with Gasteiger partial charge in [-0.2, -0.15) is 0 Å². The number of carbonyl (C=O) groups excluding carboxylic acids is 1. The summed E-state index contributed by atoms with van der Waals surface area (Å²) in [5, 5.41) is 0. The van der Waals surface area contributed by atoms with Crippen molar-refractivity contribution in [1.29, 1.82) is 0 Å². The molecule has 18 heavy (non-hydrogen) atoms. The molecule has 1 rings (SSSR count). The van der Waals surface area contributed by atoms with Gasteiger partial charge in [-0.3, -0.25) is 0 Å². The molecule has 2 heteroatoms. The monoisotopic (exact) mass is 244 g/mol. The van der Waals surface area contributed by atoms with Crippen LogP contribution in [0.1, 0.15) is 43.0 Å². The van der Waals surface area contributed by atoms with Crippen LogP contribution in [0.5, 0.6) is 0 Å². The van der Waals surface area contributed by atoms with Crippen molar-refractivity contribution in [3.63, 3.8) is 0 Å². The third kappa shape index (κ3) is 3.63. The maximum Gasteiger partial charge on any atom is 0.384 e. The molecule has 0 atom stereocenters. The summed E-state index contributed by atoms with van der Waals surface area (Å²) < 4.78 is 4.82. The average Bonchev–Trinajstić information content (AvgIpc) is 2.36. The molecule has 0 aromatic heterocycles. The van der Waals surface area contributed by atoms with E-state index in [0.29, 0.717) is 6.61 Å². The van der Waals surface area contributed by atoms with E-state index in [0.717, 1.165) is 18.4 Å². The van der Waals surface area contributed by atoms with Gasteiger partial charge >= 0.3 is 5.97 Å². The normalized spacial score (nSPS) is 9.56. The van der Waals surface area contributed by atoms with Crippen LogP contribution < -0.4 is 0 Å². The zero-order valence-corrected chi connectivity index (χ0v) is 11.6. The Morgan fingerprint density at radius 1 is 1.17 bits per heavy atom. The number of hydrogen-bond donors (Lipinski definition) is 0. The lowest BCUT2D eigenvalue weighted by atomic mass is 9.95. The molecule has 96 valence electrons. The third-order valence-corrected chi connectivity index (χ3v) is 2.77. The zero-order valence-electron chi connectivity index (χ0n) is 11.6. The number of hydrogen-bond acceptors (Lipinski definition) is 2. The van der Waals surface area contributed by atoms with Gasteiger partial charge in [-0.1, -0.05) is 37.5 Å². The molecule has 0 spiro atoms. The lowest BCUT2D eigenvalue weighted by molar-refractivity contribution is -0.136. The fourth-order valence-corrected chi connectivity index (χ4v) is 1.94. The zero-order chi connectivity index (χ0) is 13.5. The van der Waals surface area contributed by atoms with Crippen LogP contribution in [0, 0.1) is 18.8 Å². The molecular formula is C16H20O2. The largest absolute Gasteiger partial charge is 0.456 e. The van der Waals surface area contributed by atoms with Gasteiger partial charge in [-0.05, 0) is 37.8 Å². The van der Waals surface area contributed by atoms with E-state index >= 15 is 0 Å². The van der Waals surface area contributed by atoms with Gasteiger partial charge in [0.15, 0.2) is 0 Å². The van der Waals surface area contributed by atoms with Gasteiger partial charge in [-0.25, -0.2) is 4.79 Å². The van der Waals surface area contributed by atoms with E-state index in [4.69, 9.17) is 4.74 Å². The molecule has 0 saturated heterocycles. The number of esters is 1. The second-order valence-electron chi connectivity index (χ2n) is 4.14. The van der Waals surface area contributed by atoms with E-state index in [2.05, 4.69) is 44.7 Å². The molecule has 2 nitrogen and oxygen atoms in total. The quantitative estimate of drug-likeness (QED) is 0.603. The molecule has 0 aliphatic heterocycles. The van der Waals surface area contributed by atoms with Gasteiger partial charge in [0.1, 0.15) is 0 Å².